The summed E-state index contributed by atoms with van der Waals surface area (Å²) in [6, 6.07) is 14.4. The SMILES string of the molecule is Cc1cc(-c2cnn(C)c2)cc(CN)c1OCc1ccccc1. The van der Waals surface area contributed by atoms with Crippen molar-refractivity contribution < 1.29 is 4.74 Å². The third-order valence-electron chi connectivity index (χ3n) is 3.84. The standard InChI is InChI=1S/C19H21N3O/c1-14-8-16(18-11-21-22(2)12-18)9-17(10-20)19(14)23-13-15-6-4-3-5-7-15/h3-9,11-12H,10,13,20H2,1-2H3. The first-order valence-electron chi connectivity index (χ1n) is 7.66. The molecule has 2 N–H and O–H groups in total. The maximum Gasteiger partial charge on any atom is 0.127 e. The molecule has 4 heteroatoms. The number of hydrogen-bond acceptors (Lipinski definition) is 3. The van der Waals surface area contributed by atoms with Crippen LogP contribution in [0.2, 0.25) is 0 Å². The van der Waals surface area contributed by atoms with Crippen molar-refractivity contribution in [1.29, 1.82) is 0 Å². The lowest BCUT2D eigenvalue weighted by Crippen LogP contribution is -2.05. The van der Waals surface area contributed by atoms with E-state index in [0.717, 1.165) is 33.6 Å². The molecule has 0 saturated heterocycles. The van der Waals surface area contributed by atoms with Gasteiger partial charge in [0, 0.05) is 30.9 Å². The fourth-order valence-electron chi connectivity index (χ4n) is 2.67. The first kappa shape index (κ1) is 15.3. The molecule has 1 heterocycles. The van der Waals surface area contributed by atoms with Crippen molar-refractivity contribution in [2.24, 2.45) is 12.8 Å². The van der Waals surface area contributed by atoms with Crippen LogP contribution in [0.3, 0.4) is 0 Å². The van der Waals surface area contributed by atoms with E-state index in [4.69, 9.17) is 10.5 Å². The summed E-state index contributed by atoms with van der Waals surface area (Å²) in [7, 11) is 1.91. The van der Waals surface area contributed by atoms with Crippen LogP contribution in [0.4, 0.5) is 0 Å². The van der Waals surface area contributed by atoms with Crippen LogP contribution in [-0.2, 0) is 20.2 Å². The van der Waals surface area contributed by atoms with Gasteiger partial charge in [0.15, 0.2) is 0 Å². The van der Waals surface area contributed by atoms with Gasteiger partial charge in [-0.15, -0.1) is 0 Å². The summed E-state index contributed by atoms with van der Waals surface area (Å²) in [5.74, 6) is 0.879. The predicted molar refractivity (Wildman–Crippen MR) is 92.0 cm³/mol. The zero-order chi connectivity index (χ0) is 16.2. The van der Waals surface area contributed by atoms with Crippen molar-refractivity contribution in [2.75, 3.05) is 0 Å². The molecule has 0 aliphatic rings. The molecule has 0 fully saturated rings. The van der Waals surface area contributed by atoms with Crippen molar-refractivity contribution in [3.63, 3.8) is 0 Å². The van der Waals surface area contributed by atoms with Crippen molar-refractivity contribution >= 4 is 0 Å². The highest BCUT2D eigenvalue weighted by atomic mass is 16.5. The van der Waals surface area contributed by atoms with E-state index in [1.807, 2.05) is 37.6 Å². The number of aromatic nitrogens is 2. The van der Waals surface area contributed by atoms with E-state index in [9.17, 15) is 0 Å². The molecule has 0 bridgehead atoms. The molecule has 3 rings (SSSR count). The number of hydrogen-bond donors (Lipinski definition) is 1. The summed E-state index contributed by atoms with van der Waals surface area (Å²) < 4.78 is 7.84. The number of rotatable bonds is 5. The lowest BCUT2D eigenvalue weighted by Gasteiger charge is -2.15. The summed E-state index contributed by atoms with van der Waals surface area (Å²) in [4.78, 5) is 0. The average molecular weight is 307 g/mol. The lowest BCUT2D eigenvalue weighted by atomic mass is 10.0. The molecule has 4 nitrogen and oxygen atoms in total. The van der Waals surface area contributed by atoms with Crippen molar-refractivity contribution in [2.45, 2.75) is 20.1 Å². The van der Waals surface area contributed by atoms with E-state index in [0.29, 0.717) is 13.2 Å². The van der Waals surface area contributed by atoms with Gasteiger partial charge in [0.25, 0.3) is 0 Å². The molecular weight excluding hydrogens is 286 g/mol. The highest BCUT2D eigenvalue weighted by Gasteiger charge is 2.11. The highest BCUT2D eigenvalue weighted by Crippen LogP contribution is 2.31. The first-order chi connectivity index (χ1) is 11.2. The highest BCUT2D eigenvalue weighted by molar-refractivity contribution is 5.66. The maximum atomic E-state index is 6.04. The Labute approximate surface area is 136 Å². The molecule has 3 aromatic rings. The van der Waals surface area contributed by atoms with Gasteiger partial charge >= 0.3 is 0 Å². The van der Waals surface area contributed by atoms with Gasteiger partial charge in [-0.3, -0.25) is 4.68 Å². The van der Waals surface area contributed by atoms with Crippen LogP contribution in [0.5, 0.6) is 5.75 Å². The van der Waals surface area contributed by atoms with Gasteiger partial charge in [-0.1, -0.05) is 30.3 Å². The van der Waals surface area contributed by atoms with Gasteiger partial charge in [0.2, 0.25) is 0 Å². The Balaban J connectivity index is 1.88. The van der Waals surface area contributed by atoms with Gasteiger partial charge in [-0.25, -0.2) is 0 Å². The van der Waals surface area contributed by atoms with Crippen molar-refractivity contribution in [1.82, 2.24) is 9.78 Å². The number of benzene rings is 2. The van der Waals surface area contributed by atoms with Crippen LogP contribution in [-0.4, -0.2) is 9.78 Å². The van der Waals surface area contributed by atoms with Gasteiger partial charge in [-0.05, 0) is 35.7 Å². The van der Waals surface area contributed by atoms with Crippen molar-refractivity contribution in [3.8, 4) is 16.9 Å². The number of ether oxygens (including phenoxy) is 1. The molecule has 1 aromatic heterocycles. The van der Waals surface area contributed by atoms with Crippen molar-refractivity contribution in [3.05, 3.63) is 71.5 Å². The number of aryl methyl sites for hydroxylation is 2. The monoisotopic (exact) mass is 307 g/mol. The maximum absolute atomic E-state index is 6.04. The summed E-state index contributed by atoms with van der Waals surface area (Å²) in [6.45, 7) is 3.04. The Morgan fingerprint density at radius 1 is 1.13 bits per heavy atom. The predicted octanol–water partition coefficient (Wildman–Crippen LogP) is 3.43. The molecule has 0 unspecified atom stereocenters. The van der Waals surface area contributed by atoms with Gasteiger partial charge in [0.05, 0.1) is 6.20 Å². The molecule has 0 amide bonds. The molecule has 0 aliphatic carbocycles. The normalized spacial score (nSPS) is 10.7. The Morgan fingerprint density at radius 3 is 2.57 bits per heavy atom. The second-order valence-corrected chi connectivity index (χ2v) is 5.66. The van der Waals surface area contributed by atoms with Gasteiger partial charge < -0.3 is 10.5 Å². The fraction of sp³-hybridized carbons (Fsp3) is 0.211. The van der Waals surface area contributed by atoms with E-state index in [2.05, 4.69) is 36.3 Å². The quantitative estimate of drug-likeness (QED) is 0.785. The zero-order valence-electron chi connectivity index (χ0n) is 13.5. The molecular formula is C19H21N3O. The van der Waals surface area contributed by atoms with Crippen LogP contribution >= 0.6 is 0 Å². The first-order valence-corrected chi connectivity index (χ1v) is 7.66. The second kappa shape index (κ2) is 6.67. The number of nitrogens with two attached hydrogens (primary N) is 1. The number of nitrogens with zero attached hydrogens (tertiary/aromatic N) is 2. The van der Waals surface area contributed by atoms with Crippen LogP contribution < -0.4 is 10.5 Å². The van der Waals surface area contributed by atoms with E-state index >= 15 is 0 Å². The minimum Gasteiger partial charge on any atom is -0.488 e. The second-order valence-electron chi connectivity index (χ2n) is 5.66. The summed E-state index contributed by atoms with van der Waals surface area (Å²) >= 11 is 0. The molecule has 0 spiro atoms. The summed E-state index contributed by atoms with van der Waals surface area (Å²) in [6.07, 6.45) is 3.86. The lowest BCUT2D eigenvalue weighted by molar-refractivity contribution is 0.301. The Morgan fingerprint density at radius 2 is 1.91 bits per heavy atom. The Kier molecular flexibility index (Phi) is 4.44. The summed E-state index contributed by atoms with van der Waals surface area (Å²) in [5, 5.41) is 4.23. The minimum atomic E-state index is 0.444. The average Bonchev–Trinajstić information content (AvgIpc) is 3.00. The molecule has 0 radical (unpaired) electrons. The Bertz CT molecular complexity index is 794. The molecule has 23 heavy (non-hydrogen) atoms. The summed E-state index contributed by atoms with van der Waals surface area (Å²) in [5.41, 5.74) is 11.4. The van der Waals surface area contributed by atoms with Crippen LogP contribution in [0.15, 0.2) is 54.9 Å². The topological polar surface area (TPSA) is 53.1 Å². The smallest absolute Gasteiger partial charge is 0.127 e. The Hall–Kier alpha value is -2.59. The van der Waals surface area contributed by atoms with Crippen LogP contribution in [0, 0.1) is 6.92 Å². The molecule has 0 atom stereocenters. The third kappa shape index (κ3) is 3.43. The largest absolute Gasteiger partial charge is 0.488 e. The molecule has 0 aliphatic heterocycles. The van der Waals surface area contributed by atoms with Gasteiger partial charge in [0.1, 0.15) is 12.4 Å². The molecule has 0 saturated carbocycles. The van der Waals surface area contributed by atoms with Crippen LogP contribution in [0.1, 0.15) is 16.7 Å². The minimum absolute atomic E-state index is 0.444. The van der Waals surface area contributed by atoms with E-state index in [-0.39, 0.29) is 0 Å². The fourth-order valence-corrected chi connectivity index (χ4v) is 2.67. The van der Waals surface area contributed by atoms with E-state index in [1.54, 1.807) is 4.68 Å². The molecule has 118 valence electrons. The zero-order valence-corrected chi connectivity index (χ0v) is 13.5. The van der Waals surface area contributed by atoms with Gasteiger partial charge in [-0.2, -0.15) is 5.10 Å². The molecule has 2 aromatic carbocycles. The third-order valence-corrected chi connectivity index (χ3v) is 3.84. The van der Waals surface area contributed by atoms with E-state index in [1.165, 1.54) is 0 Å². The van der Waals surface area contributed by atoms with E-state index < -0.39 is 0 Å². The van der Waals surface area contributed by atoms with Crippen LogP contribution in [0.25, 0.3) is 11.1 Å².